The molecule has 0 unspecified atom stereocenters. The molecule has 8 nitrogen and oxygen atoms in total. The summed E-state index contributed by atoms with van der Waals surface area (Å²) in [5.41, 5.74) is 0.928. The quantitative estimate of drug-likeness (QED) is 0.278. The van der Waals surface area contributed by atoms with Crippen LogP contribution in [0.3, 0.4) is 0 Å². The number of alkyl halides is 1. The molecule has 2 aromatic heterocycles. The van der Waals surface area contributed by atoms with E-state index in [-0.39, 0.29) is 66.9 Å². The van der Waals surface area contributed by atoms with Gasteiger partial charge in [0.05, 0.1) is 44.7 Å². The van der Waals surface area contributed by atoms with Crippen LogP contribution >= 0.6 is 0 Å². The minimum absolute atomic E-state index is 0.0488. The second-order valence-electron chi connectivity index (χ2n) is 10.8. The highest BCUT2D eigenvalue weighted by Gasteiger charge is 2.37. The highest BCUT2D eigenvalue weighted by Crippen LogP contribution is 2.32. The molecular weight excluding hydrogens is 532 g/mol. The van der Waals surface area contributed by atoms with Gasteiger partial charge in [-0.25, -0.2) is 13.8 Å². The summed E-state index contributed by atoms with van der Waals surface area (Å²) in [4.78, 5) is 35.3. The molecule has 4 aromatic rings. The highest BCUT2D eigenvalue weighted by atomic mass is 19.1. The summed E-state index contributed by atoms with van der Waals surface area (Å²) in [6, 6.07) is 12.2. The molecule has 214 valence electrons. The number of rotatable bonds is 7. The Morgan fingerprint density at radius 3 is 2.71 bits per heavy atom. The van der Waals surface area contributed by atoms with Gasteiger partial charge >= 0.3 is 5.97 Å². The number of amides is 1. The van der Waals surface area contributed by atoms with Crippen LogP contribution in [0.5, 0.6) is 0 Å². The molecule has 1 amide bonds. The van der Waals surface area contributed by atoms with E-state index in [9.17, 15) is 14.0 Å². The van der Waals surface area contributed by atoms with Crippen molar-refractivity contribution in [1.82, 2.24) is 14.9 Å². The Morgan fingerprint density at radius 2 is 1.90 bits per heavy atom. The summed E-state index contributed by atoms with van der Waals surface area (Å²) < 4.78 is 46.7. The van der Waals surface area contributed by atoms with Gasteiger partial charge in [0.25, 0.3) is 0 Å². The summed E-state index contributed by atoms with van der Waals surface area (Å²) in [5.74, 6) is -1.16. The van der Waals surface area contributed by atoms with Gasteiger partial charge in [-0.15, -0.1) is 0 Å². The molecule has 41 heavy (non-hydrogen) atoms. The number of methoxy groups -OCH3 is 1. The van der Waals surface area contributed by atoms with Crippen LogP contribution in [0.15, 0.2) is 53.1 Å². The lowest BCUT2D eigenvalue weighted by Gasteiger charge is -2.30. The van der Waals surface area contributed by atoms with E-state index in [2.05, 4.69) is 9.97 Å². The number of carbonyl (C=O) groups is 2. The summed E-state index contributed by atoms with van der Waals surface area (Å²) in [5, 5.41) is 1.78. The third-order valence-corrected chi connectivity index (χ3v) is 8.21. The number of hydrogen-bond donors (Lipinski definition) is 0. The minimum atomic E-state index is -1.17. The van der Waals surface area contributed by atoms with Crippen LogP contribution in [-0.4, -0.2) is 65.3 Å². The Hall–Kier alpha value is -3.92. The zero-order valence-corrected chi connectivity index (χ0v) is 22.7. The molecule has 1 saturated carbocycles. The van der Waals surface area contributed by atoms with Crippen molar-refractivity contribution in [3.8, 4) is 11.6 Å². The Labute approximate surface area is 235 Å². The zero-order chi connectivity index (χ0) is 28.5. The molecule has 2 aliphatic rings. The fourth-order valence-electron chi connectivity index (χ4n) is 6.00. The number of esters is 1. The van der Waals surface area contributed by atoms with Gasteiger partial charge in [-0.05, 0) is 43.2 Å². The van der Waals surface area contributed by atoms with Gasteiger partial charge in [-0.2, -0.15) is 0 Å². The van der Waals surface area contributed by atoms with Crippen molar-refractivity contribution in [3.05, 3.63) is 60.0 Å². The number of benzene rings is 2. The number of halogens is 2. The second kappa shape index (κ2) is 11.5. The molecular formula is C31H31F2N3O5. The second-order valence-corrected chi connectivity index (χ2v) is 10.8. The molecule has 1 aliphatic carbocycles. The maximum Gasteiger partial charge on any atom is 0.308 e. The van der Waals surface area contributed by atoms with Crippen molar-refractivity contribution in [2.24, 2.45) is 5.92 Å². The van der Waals surface area contributed by atoms with Crippen molar-refractivity contribution in [1.29, 1.82) is 0 Å². The predicted octanol–water partition coefficient (Wildman–Crippen LogP) is 5.41. The van der Waals surface area contributed by atoms with Crippen LogP contribution in [0.4, 0.5) is 8.78 Å². The Balaban J connectivity index is 1.14. The van der Waals surface area contributed by atoms with Gasteiger partial charge in [0, 0.05) is 23.6 Å². The third kappa shape index (κ3) is 5.53. The lowest BCUT2D eigenvalue weighted by Crippen LogP contribution is -2.40. The van der Waals surface area contributed by atoms with Crippen molar-refractivity contribution < 1.29 is 32.3 Å². The van der Waals surface area contributed by atoms with Crippen LogP contribution < -0.4 is 0 Å². The van der Waals surface area contributed by atoms with Crippen molar-refractivity contribution in [2.45, 2.75) is 56.8 Å². The molecule has 0 bridgehead atoms. The van der Waals surface area contributed by atoms with Gasteiger partial charge < -0.3 is 18.8 Å². The largest absolute Gasteiger partial charge is 0.469 e. The lowest BCUT2D eigenvalue weighted by molar-refractivity contribution is -0.148. The first-order chi connectivity index (χ1) is 19.9. The predicted molar refractivity (Wildman–Crippen MR) is 147 cm³/mol. The number of nitrogens with zero attached hydrogens (tertiary/aromatic N) is 3. The molecule has 1 saturated heterocycles. The van der Waals surface area contributed by atoms with Crippen molar-refractivity contribution >= 4 is 33.7 Å². The van der Waals surface area contributed by atoms with Crippen LogP contribution in [0.25, 0.3) is 33.5 Å². The third-order valence-electron chi connectivity index (χ3n) is 8.21. The Kier molecular flexibility index (Phi) is 7.66. The summed E-state index contributed by atoms with van der Waals surface area (Å²) in [7, 11) is 1.39. The number of aromatic nitrogens is 2. The van der Waals surface area contributed by atoms with Gasteiger partial charge in [-0.3, -0.25) is 14.6 Å². The topological polar surface area (TPSA) is 94.8 Å². The molecule has 6 rings (SSSR count). The van der Waals surface area contributed by atoms with Gasteiger partial charge in [0.2, 0.25) is 11.8 Å². The van der Waals surface area contributed by atoms with Gasteiger partial charge in [-0.1, -0.05) is 30.3 Å². The Morgan fingerprint density at radius 1 is 1.10 bits per heavy atom. The molecule has 1 aliphatic heterocycles. The Bertz CT molecular complexity index is 1580. The standard InChI is InChI=1S/C31H31F2N3O5/c1-39-31(38)19-6-9-23(10-7-19)40-17-22-15-21(32)16-36(22)26(37)14-20-8-11-25-29(27(20)33)41-30(35-25)28-24-5-3-2-4-18(24)12-13-34-28/h2-5,8,11-13,19,21-23H,6-7,9-10,14-17H2,1H3/t19-,21-,22-,23-/m0/s1. The van der Waals surface area contributed by atoms with Gasteiger partial charge in [0.1, 0.15) is 17.4 Å². The van der Waals surface area contributed by atoms with E-state index >= 15 is 4.39 Å². The zero-order valence-electron chi connectivity index (χ0n) is 22.7. The summed E-state index contributed by atoms with van der Waals surface area (Å²) in [6.07, 6.45) is 3.14. The molecule has 0 radical (unpaired) electrons. The van der Waals surface area contributed by atoms with E-state index in [1.807, 2.05) is 30.3 Å². The average Bonchev–Trinajstić information content (AvgIpc) is 3.61. The van der Waals surface area contributed by atoms with Crippen LogP contribution in [0.1, 0.15) is 37.7 Å². The number of oxazole rings is 1. The molecule has 10 heteroatoms. The smallest absolute Gasteiger partial charge is 0.308 e. The summed E-state index contributed by atoms with van der Waals surface area (Å²) in [6.45, 7) is 0.149. The maximum atomic E-state index is 15.6. The average molecular weight is 564 g/mol. The lowest BCUT2D eigenvalue weighted by atomic mass is 9.87. The SMILES string of the molecule is COC(=O)[C@H]1CC[C@H](OC[C@@H]2C[C@H](F)CN2C(=O)Cc2ccc3nc(-c4nccc5ccccc45)oc3c2F)CC1. The molecule has 0 spiro atoms. The first-order valence-electron chi connectivity index (χ1n) is 14.0. The number of fused-ring (bicyclic) bond motifs is 2. The highest BCUT2D eigenvalue weighted by molar-refractivity contribution is 5.93. The number of hydrogen-bond acceptors (Lipinski definition) is 7. The monoisotopic (exact) mass is 563 g/mol. The van der Waals surface area contributed by atoms with E-state index < -0.39 is 18.0 Å². The fraction of sp³-hybridized carbons (Fsp3) is 0.419. The van der Waals surface area contributed by atoms with E-state index in [1.165, 1.54) is 18.1 Å². The number of ether oxygens (including phenoxy) is 2. The van der Waals surface area contributed by atoms with Crippen LogP contribution in [0, 0.1) is 11.7 Å². The maximum absolute atomic E-state index is 15.6. The molecule has 2 fully saturated rings. The first-order valence-corrected chi connectivity index (χ1v) is 14.0. The van der Waals surface area contributed by atoms with E-state index in [0.717, 1.165) is 10.8 Å². The molecule has 0 N–H and O–H groups in total. The minimum Gasteiger partial charge on any atom is -0.469 e. The summed E-state index contributed by atoms with van der Waals surface area (Å²) >= 11 is 0. The van der Waals surface area contributed by atoms with Crippen LogP contribution in [0.2, 0.25) is 0 Å². The van der Waals surface area contributed by atoms with Crippen LogP contribution in [-0.2, 0) is 25.5 Å². The molecule has 2 atom stereocenters. The molecule has 2 aromatic carbocycles. The molecule has 3 heterocycles. The first kappa shape index (κ1) is 27.3. The van der Waals surface area contributed by atoms with Crippen molar-refractivity contribution in [2.75, 3.05) is 20.3 Å². The normalized spacial score (nSPS) is 22.9. The number of pyridine rings is 1. The van der Waals surface area contributed by atoms with Gasteiger partial charge in [0.15, 0.2) is 11.4 Å². The van der Waals surface area contributed by atoms with E-state index in [1.54, 1.807) is 12.3 Å². The fourth-order valence-corrected chi connectivity index (χ4v) is 6.00. The van der Waals surface area contributed by atoms with E-state index in [0.29, 0.717) is 36.9 Å². The van der Waals surface area contributed by atoms with Crippen molar-refractivity contribution in [3.63, 3.8) is 0 Å². The number of likely N-dealkylation sites (tertiary alicyclic amines) is 1. The van der Waals surface area contributed by atoms with E-state index in [4.69, 9.17) is 13.9 Å². The number of carbonyl (C=O) groups excluding carboxylic acids is 2.